The number of rotatable bonds is 5. The smallest absolute Gasteiger partial charge is 0.222 e. The number of nitrogens with one attached hydrogen (secondary N) is 2. The number of imidazole rings is 1. The molecule has 1 aromatic carbocycles. The summed E-state index contributed by atoms with van der Waals surface area (Å²) in [7, 11) is 0. The molecule has 1 aliphatic rings. The van der Waals surface area contributed by atoms with Gasteiger partial charge < -0.3 is 15.2 Å². The van der Waals surface area contributed by atoms with Crippen LogP contribution in [0.5, 0.6) is 0 Å². The fourth-order valence-electron chi connectivity index (χ4n) is 2.54. The van der Waals surface area contributed by atoms with E-state index in [-0.39, 0.29) is 5.91 Å². The Hall–Kier alpha value is -2.14. The highest BCUT2D eigenvalue weighted by molar-refractivity contribution is 5.77. The monoisotopic (exact) mass is 284 g/mol. The molecule has 5 heteroatoms. The lowest BCUT2D eigenvalue weighted by atomic mass is 10.1. The van der Waals surface area contributed by atoms with E-state index in [1.54, 1.807) is 6.33 Å². The second-order valence-corrected chi connectivity index (χ2v) is 5.27. The minimum Gasteiger partial charge on any atom is -0.352 e. The fraction of sp³-hybridized carbons (Fsp3) is 0.375. The lowest BCUT2D eigenvalue weighted by molar-refractivity contribution is -0.121. The van der Waals surface area contributed by atoms with Gasteiger partial charge in [0.25, 0.3) is 0 Å². The van der Waals surface area contributed by atoms with Crippen LogP contribution in [0, 0.1) is 0 Å². The first-order valence-electron chi connectivity index (χ1n) is 7.38. The van der Waals surface area contributed by atoms with Crippen LogP contribution in [0.4, 0.5) is 0 Å². The summed E-state index contributed by atoms with van der Waals surface area (Å²) in [5.74, 6) is 0.0900. The molecule has 110 valence electrons. The highest BCUT2D eigenvalue weighted by Crippen LogP contribution is 2.12. The molecule has 2 aromatic rings. The lowest BCUT2D eigenvalue weighted by Gasteiger charge is -2.14. The zero-order chi connectivity index (χ0) is 14.5. The van der Waals surface area contributed by atoms with Crippen LogP contribution in [0.1, 0.15) is 12.8 Å². The molecular formula is C16H20N4O. The third-order valence-electron chi connectivity index (χ3n) is 3.78. The molecule has 0 atom stereocenters. The van der Waals surface area contributed by atoms with Crippen molar-refractivity contribution in [2.24, 2.45) is 0 Å². The van der Waals surface area contributed by atoms with Crippen LogP contribution in [0.3, 0.4) is 0 Å². The summed E-state index contributed by atoms with van der Waals surface area (Å²) in [4.78, 5) is 16.3. The maximum Gasteiger partial charge on any atom is 0.222 e. The Morgan fingerprint density at radius 3 is 3.14 bits per heavy atom. The van der Waals surface area contributed by atoms with Gasteiger partial charge in [-0.25, -0.2) is 4.98 Å². The molecule has 3 rings (SSSR count). The molecule has 0 bridgehead atoms. The van der Waals surface area contributed by atoms with Crippen molar-refractivity contribution in [3.63, 3.8) is 0 Å². The van der Waals surface area contributed by atoms with Gasteiger partial charge in [0.1, 0.15) is 0 Å². The van der Waals surface area contributed by atoms with Gasteiger partial charge in [-0.15, -0.1) is 0 Å². The number of benzene rings is 1. The average Bonchev–Trinajstić information content (AvgIpc) is 2.95. The van der Waals surface area contributed by atoms with Gasteiger partial charge in [0.05, 0.1) is 17.4 Å². The zero-order valence-corrected chi connectivity index (χ0v) is 12.0. The Labute approximate surface area is 124 Å². The number of fused-ring (bicyclic) bond motifs is 1. The molecule has 5 nitrogen and oxygen atoms in total. The predicted octanol–water partition coefficient (Wildman–Crippen LogP) is 1.46. The number of para-hydroxylation sites is 2. The number of aryl methyl sites for hydroxylation is 1. The highest BCUT2D eigenvalue weighted by atomic mass is 16.1. The normalized spacial score (nSPS) is 15.0. The largest absolute Gasteiger partial charge is 0.352 e. The summed E-state index contributed by atoms with van der Waals surface area (Å²) in [5, 5.41) is 6.26. The van der Waals surface area contributed by atoms with Gasteiger partial charge in [-0.2, -0.15) is 0 Å². The first-order valence-corrected chi connectivity index (χ1v) is 7.38. The quantitative estimate of drug-likeness (QED) is 0.817. The Morgan fingerprint density at radius 1 is 1.38 bits per heavy atom. The molecule has 0 aliphatic carbocycles. The second kappa shape index (κ2) is 6.54. The van der Waals surface area contributed by atoms with Crippen LogP contribution in [0.15, 0.2) is 42.2 Å². The fourth-order valence-corrected chi connectivity index (χ4v) is 2.54. The summed E-state index contributed by atoms with van der Waals surface area (Å²) in [6, 6.07) is 7.97. The van der Waals surface area contributed by atoms with Crippen LogP contribution >= 0.6 is 0 Å². The third-order valence-corrected chi connectivity index (χ3v) is 3.78. The van der Waals surface area contributed by atoms with E-state index < -0.39 is 0 Å². The van der Waals surface area contributed by atoms with Crippen molar-refractivity contribution in [1.29, 1.82) is 0 Å². The number of nitrogens with zero attached hydrogens (tertiary/aromatic N) is 2. The number of carbonyl (C=O) groups is 1. The topological polar surface area (TPSA) is 59.0 Å². The minimum atomic E-state index is 0.0900. The van der Waals surface area contributed by atoms with Crippen LogP contribution in [0.25, 0.3) is 11.0 Å². The van der Waals surface area contributed by atoms with Crippen molar-refractivity contribution in [3.8, 4) is 0 Å². The van der Waals surface area contributed by atoms with E-state index in [4.69, 9.17) is 0 Å². The molecule has 1 aromatic heterocycles. The van der Waals surface area contributed by atoms with Gasteiger partial charge in [0.2, 0.25) is 5.91 Å². The zero-order valence-electron chi connectivity index (χ0n) is 12.0. The number of hydrogen-bond donors (Lipinski definition) is 2. The van der Waals surface area contributed by atoms with Crippen molar-refractivity contribution in [3.05, 3.63) is 42.2 Å². The molecule has 0 radical (unpaired) electrons. The van der Waals surface area contributed by atoms with Crippen molar-refractivity contribution in [2.45, 2.75) is 19.4 Å². The van der Waals surface area contributed by atoms with Gasteiger partial charge in [0, 0.05) is 26.1 Å². The van der Waals surface area contributed by atoms with E-state index >= 15 is 0 Å². The predicted molar refractivity (Wildman–Crippen MR) is 82.9 cm³/mol. The Balaban J connectivity index is 1.50. The summed E-state index contributed by atoms with van der Waals surface area (Å²) < 4.78 is 2.03. The molecule has 0 saturated carbocycles. The Bertz CT molecular complexity index is 659. The maximum atomic E-state index is 11.9. The maximum absolute atomic E-state index is 11.9. The van der Waals surface area contributed by atoms with Crippen LogP contribution < -0.4 is 10.6 Å². The highest BCUT2D eigenvalue weighted by Gasteiger charge is 2.07. The molecule has 0 spiro atoms. The molecule has 1 aliphatic heterocycles. The first kappa shape index (κ1) is 13.8. The Kier molecular flexibility index (Phi) is 4.31. The van der Waals surface area contributed by atoms with Gasteiger partial charge in [0.15, 0.2) is 0 Å². The standard InChI is InChI=1S/C16H20N4O/c21-16(18-11-13-5-8-17-9-6-13)7-10-20-12-19-14-3-1-2-4-15(14)20/h1-5,12,17H,6-11H2,(H,18,21). The van der Waals surface area contributed by atoms with Crippen LogP contribution in [-0.4, -0.2) is 35.1 Å². The van der Waals surface area contributed by atoms with Gasteiger partial charge in [-0.3, -0.25) is 4.79 Å². The SMILES string of the molecule is O=C(CCn1cnc2ccccc21)NCC1=CCNCC1. The van der Waals surface area contributed by atoms with Gasteiger partial charge >= 0.3 is 0 Å². The van der Waals surface area contributed by atoms with Crippen molar-refractivity contribution < 1.29 is 4.79 Å². The molecule has 21 heavy (non-hydrogen) atoms. The summed E-state index contributed by atoms with van der Waals surface area (Å²) in [5.41, 5.74) is 3.36. The van der Waals surface area contributed by atoms with E-state index in [1.165, 1.54) is 5.57 Å². The molecule has 0 saturated heterocycles. The molecule has 1 amide bonds. The molecule has 0 fully saturated rings. The van der Waals surface area contributed by atoms with Crippen LogP contribution in [-0.2, 0) is 11.3 Å². The lowest BCUT2D eigenvalue weighted by Crippen LogP contribution is -2.30. The van der Waals surface area contributed by atoms with E-state index in [1.807, 2.05) is 28.8 Å². The minimum absolute atomic E-state index is 0.0900. The molecule has 2 heterocycles. The van der Waals surface area contributed by atoms with Crippen molar-refractivity contribution >= 4 is 16.9 Å². The molecular weight excluding hydrogens is 264 g/mol. The average molecular weight is 284 g/mol. The van der Waals surface area contributed by atoms with Crippen molar-refractivity contribution in [2.75, 3.05) is 19.6 Å². The summed E-state index contributed by atoms with van der Waals surface area (Å²) in [6.07, 6.45) is 5.46. The molecule has 0 unspecified atom stereocenters. The van der Waals surface area contributed by atoms with E-state index in [2.05, 4.69) is 21.7 Å². The number of amides is 1. The summed E-state index contributed by atoms with van der Waals surface area (Å²) >= 11 is 0. The summed E-state index contributed by atoms with van der Waals surface area (Å²) in [6.45, 7) is 3.24. The van der Waals surface area contributed by atoms with Gasteiger partial charge in [-0.1, -0.05) is 23.8 Å². The van der Waals surface area contributed by atoms with E-state index in [0.717, 1.165) is 30.5 Å². The Morgan fingerprint density at radius 2 is 2.29 bits per heavy atom. The third kappa shape index (κ3) is 3.49. The van der Waals surface area contributed by atoms with E-state index in [9.17, 15) is 4.79 Å². The van der Waals surface area contributed by atoms with E-state index in [0.29, 0.717) is 19.5 Å². The molecule has 2 N–H and O–H groups in total. The number of hydrogen-bond acceptors (Lipinski definition) is 3. The first-order chi connectivity index (χ1) is 10.3. The van der Waals surface area contributed by atoms with Crippen LogP contribution in [0.2, 0.25) is 0 Å². The number of aromatic nitrogens is 2. The second-order valence-electron chi connectivity index (χ2n) is 5.27. The van der Waals surface area contributed by atoms with Gasteiger partial charge in [-0.05, 0) is 25.1 Å². The number of carbonyl (C=O) groups excluding carboxylic acids is 1. The van der Waals surface area contributed by atoms with Crippen molar-refractivity contribution in [1.82, 2.24) is 20.2 Å².